The summed E-state index contributed by atoms with van der Waals surface area (Å²) in [4.78, 5) is 41.9. The number of anilines is 1. The highest BCUT2D eigenvalue weighted by Crippen LogP contribution is 2.22. The Morgan fingerprint density at radius 3 is 2.52 bits per heavy atom. The van der Waals surface area contributed by atoms with Crippen LogP contribution in [0.1, 0.15) is 17.0 Å². The van der Waals surface area contributed by atoms with Gasteiger partial charge in [0.15, 0.2) is 5.76 Å². The SMILES string of the molecule is O=C(N[C@H]1CC(=O)N(c2cccc(F)c2)C1)N1CCN(C(=O)c2ccco2)CC1. The molecule has 0 radical (unpaired) electrons. The Balaban J connectivity index is 1.29. The van der Waals surface area contributed by atoms with Crippen molar-refractivity contribution in [2.45, 2.75) is 12.5 Å². The van der Waals surface area contributed by atoms with E-state index < -0.39 is 5.82 Å². The number of nitrogens with zero attached hydrogens (tertiary/aromatic N) is 3. The monoisotopic (exact) mass is 400 g/mol. The average molecular weight is 400 g/mol. The lowest BCUT2D eigenvalue weighted by atomic mass is 10.2. The molecule has 2 aliphatic heterocycles. The minimum Gasteiger partial charge on any atom is -0.459 e. The number of benzene rings is 1. The van der Waals surface area contributed by atoms with Crippen LogP contribution < -0.4 is 10.2 Å². The number of hydrogen-bond acceptors (Lipinski definition) is 4. The van der Waals surface area contributed by atoms with Crippen molar-refractivity contribution in [2.75, 3.05) is 37.6 Å². The summed E-state index contributed by atoms with van der Waals surface area (Å²) >= 11 is 0. The molecule has 3 heterocycles. The van der Waals surface area contributed by atoms with Crippen LogP contribution in [-0.2, 0) is 4.79 Å². The number of hydrogen-bond donors (Lipinski definition) is 1. The molecule has 29 heavy (non-hydrogen) atoms. The van der Waals surface area contributed by atoms with Gasteiger partial charge in [0.1, 0.15) is 5.82 Å². The van der Waals surface area contributed by atoms with Crippen molar-refractivity contribution in [1.29, 1.82) is 0 Å². The lowest BCUT2D eigenvalue weighted by molar-refractivity contribution is -0.117. The topological polar surface area (TPSA) is 86.1 Å². The van der Waals surface area contributed by atoms with Crippen LogP contribution in [0.4, 0.5) is 14.9 Å². The third-order valence-corrected chi connectivity index (χ3v) is 5.16. The predicted molar refractivity (Wildman–Crippen MR) is 102 cm³/mol. The molecule has 2 fully saturated rings. The molecule has 1 aromatic heterocycles. The Hall–Kier alpha value is -3.36. The molecule has 4 rings (SSSR count). The third kappa shape index (κ3) is 4.08. The van der Waals surface area contributed by atoms with Crippen LogP contribution >= 0.6 is 0 Å². The molecule has 0 unspecified atom stereocenters. The van der Waals surface area contributed by atoms with Crippen LogP contribution in [0.5, 0.6) is 0 Å². The second kappa shape index (κ2) is 7.94. The Kier molecular flexibility index (Phi) is 5.20. The molecular formula is C20H21FN4O4. The number of nitrogens with one attached hydrogen (secondary N) is 1. The van der Waals surface area contributed by atoms with Gasteiger partial charge in [0, 0.05) is 44.8 Å². The first-order chi connectivity index (χ1) is 14.0. The van der Waals surface area contributed by atoms with Crippen LogP contribution in [0, 0.1) is 5.82 Å². The zero-order valence-electron chi connectivity index (χ0n) is 15.7. The van der Waals surface area contributed by atoms with E-state index in [1.54, 1.807) is 34.1 Å². The van der Waals surface area contributed by atoms with Crippen molar-refractivity contribution >= 4 is 23.5 Å². The van der Waals surface area contributed by atoms with Gasteiger partial charge >= 0.3 is 6.03 Å². The minimum atomic E-state index is -0.412. The highest BCUT2D eigenvalue weighted by molar-refractivity contribution is 5.96. The van der Waals surface area contributed by atoms with Gasteiger partial charge < -0.3 is 24.4 Å². The van der Waals surface area contributed by atoms with Crippen molar-refractivity contribution in [3.05, 3.63) is 54.2 Å². The summed E-state index contributed by atoms with van der Waals surface area (Å²) in [6.45, 7) is 1.90. The molecule has 1 atom stereocenters. The number of furan rings is 1. The van der Waals surface area contributed by atoms with E-state index in [1.807, 2.05) is 0 Å². The third-order valence-electron chi connectivity index (χ3n) is 5.16. The van der Waals surface area contributed by atoms with Gasteiger partial charge in [-0.3, -0.25) is 9.59 Å². The number of rotatable bonds is 3. The van der Waals surface area contributed by atoms with E-state index in [9.17, 15) is 18.8 Å². The molecule has 2 aromatic rings. The summed E-state index contributed by atoms with van der Waals surface area (Å²) in [5.41, 5.74) is 0.483. The molecule has 0 spiro atoms. The Labute approximate surface area is 166 Å². The molecule has 8 nitrogen and oxygen atoms in total. The summed E-state index contributed by atoms with van der Waals surface area (Å²) < 4.78 is 18.6. The molecule has 0 aliphatic carbocycles. The lowest BCUT2D eigenvalue weighted by Gasteiger charge is -2.34. The molecule has 1 N–H and O–H groups in total. The molecule has 152 valence electrons. The van der Waals surface area contributed by atoms with Crippen molar-refractivity contribution in [3.8, 4) is 0 Å². The molecule has 9 heteroatoms. The number of carbonyl (C=O) groups is 3. The van der Waals surface area contributed by atoms with Crippen LogP contribution in [0.3, 0.4) is 0 Å². The van der Waals surface area contributed by atoms with Gasteiger partial charge in [0.25, 0.3) is 5.91 Å². The number of halogens is 1. The van der Waals surface area contributed by atoms with Gasteiger partial charge in [0.2, 0.25) is 5.91 Å². The summed E-state index contributed by atoms with van der Waals surface area (Å²) in [5, 5.41) is 2.87. The fourth-order valence-electron chi connectivity index (χ4n) is 3.63. The second-order valence-electron chi connectivity index (χ2n) is 7.09. The summed E-state index contributed by atoms with van der Waals surface area (Å²) in [6, 6.07) is 8.50. The fraction of sp³-hybridized carbons (Fsp3) is 0.350. The van der Waals surface area contributed by atoms with Crippen molar-refractivity contribution < 1.29 is 23.2 Å². The molecule has 1 aromatic carbocycles. The van der Waals surface area contributed by atoms with E-state index in [4.69, 9.17) is 4.42 Å². The van der Waals surface area contributed by atoms with Crippen molar-refractivity contribution in [3.63, 3.8) is 0 Å². The predicted octanol–water partition coefficient (Wildman–Crippen LogP) is 1.69. The second-order valence-corrected chi connectivity index (χ2v) is 7.09. The Bertz CT molecular complexity index is 909. The molecule has 2 aliphatic rings. The standard InChI is InChI=1S/C20H21FN4O4/c21-14-3-1-4-16(11-14)25-13-15(12-18(25)26)22-20(28)24-8-6-23(7-9-24)19(27)17-5-2-10-29-17/h1-5,10-11,15H,6-9,12-13H2,(H,22,28)/t15-/m0/s1. The number of amides is 4. The first-order valence-electron chi connectivity index (χ1n) is 9.45. The zero-order chi connectivity index (χ0) is 20.4. The first-order valence-corrected chi connectivity index (χ1v) is 9.45. The zero-order valence-corrected chi connectivity index (χ0v) is 15.7. The molecule has 0 saturated carbocycles. The maximum Gasteiger partial charge on any atom is 0.317 e. The maximum atomic E-state index is 13.4. The molecule has 4 amide bonds. The largest absolute Gasteiger partial charge is 0.459 e. The molecule has 0 bridgehead atoms. The van der Waals surface area contributed by atoms with Gasteiger partial charge in [0.05, 0.1) is 12.3 Å². The van der Waals surface area contributed by atoms with Crippen LogP contribution in [0.25, 0.3) is 0 Å². The average Bonchev–Trinajstić information content (AvgIpc) is 3.37. The molecular weight excluding hydrogens is 379 g/mol. The highest BCUT2D eigenvalue weighted by Gasteiger charge is 2.33. The number of piperazine rings is 1. The summed E-state index contributed by atoms with van der Waals surface area (Å²) in [7, 11) is 0. The van der Waals surface area contributed by atoms with E-state index in [-0.39, 0.29) is 36.1 Å². The quantitative estimate of drug-likeness (QED) is 0.850. The highest BCUT2D eigenvalue weighted by atomic mass is 19.1. The Morgan fingerprint density at radius 1 is 1.07 bits per heavy atom. The van der Waals surface area contributed by atoms with E-state index in [2.05, 4.69) is 5.32 Å². The number of carbonyl (C=O) groups excluding carboxylic acids is 3. The van der Waals surface area contributed by atoms with E-state index >= 15 is 0 Å². The summed E-state index contributed by atoms with van der Waals surface area (Å²) in [6.07, 6.45) is 1.62. The lowest BCUT2D eigenvalue weighted by Crippen LogP contribution is -2.54. The van der Waals surface area contributed by atoms with Crippen molar-refractivity contribution in [1.82, 2.24) is 15.1 Å². The first kappa shape index (κ1) is 19.0. The van der Waals surface area contributed by atoms with Crippen molar-refractivity contribution in [2.24, 2.45) is 0 Å². The van der Waals surface area contributed by atoms with Crippen LogP contribution in [0.15, 0.2) is 47.1 Å². The van der Waals surface area contributed by atoms with Crippen LogP contribution in [-0.4, -0.2) is 66.4 Å². The van der Waals surface area contributed by atoms with Gasteiger partial charge in [-0.1, -0.05) is 6.07 Å². The minimum absolute atomic E-state index is 0.158. The van der Waals surface area contributed by atoms with E-state index in [1.165, 1.54) is 23.3 Å². The normalized spacial score (nSPS) is 19.6. The van der Waals surface area contributed by atoms with Gasteiger partial charge in [-0.2, -0.15) is 0 Å². The number of urea groups is 1. The fourth-order valence-corrected chi connectivity index (χ4v) is 3.63. The maximum absolute atomic E-state index is 13.4. The van der Waals surface area contributed by atoms with E-state index in [0.29, 0.717) is 38.4 Å². The van der Waals surface area contributed by atoms with Crippen LogP contribution in [0.2, 0.25) is 0 Å². The van der Waals surface area contributed by atoms with Gasteiger partial charge in [-0.05, 0) is 30.3 Å². The molecule has 2 saturated heterocycles. The van der Waals surface area contributed by atoms with E-state index in [0.717, 1.165) is 0 Å². The summed E-state index contributed by atoms with van der Waals surface area (Å²) in [5.74, 6) is -0.480. The van der Waals surface area contributed by atoms with Gasteiger partial charge in [-0.15, -0.1) is 0 Å². The van der Waals surface area contributed by atoms with Gasteiger partial charge in [-0.25, -0.2) is 9.18 Å². The smallest absolute Gasteiger partial charge is 0.317 e. The Morgan fingerprint density at radius 2 is 1.83 bits per heavy atom.